The van der Waals surface area contributed by atoms with Crippen LogP contribution in [0.2, 0.25) is 10.0 Å². The second-order valence-corrected chi connectivity index (χ2v) is 4.88. The minimum atomic E-state index is 0.434. The van der Waals surface area contributed by atoms with E-state index in [-0.39, 0.29) is 0 Å². The van der Waals surface area contributed by atoms with Gasteiger partial charge in [0.05, 0.1) is 11.6 Å². The minimum Gasteiger partial charge on any atom is -0.476 e. The van der Waals surface area contributed by atoms with Gasteiger partial charge in [-0.05, 0) is 18.4 Å². The minimum absolute atomic E-state index is 0.434. The lowest BCUT2D eigenvalue weighted by Gasteiger charge is -2.13. The van der Waals surface area contributed by atoms with Crippen molar-refractivity contribution in [3.63, 3.8) is 0 Å². The lowest BCUT2D eigenvalue weighted by atomic mass is 10.1. The van der Waals surface area contributed by atoms with Gasteiger partial charge in [-0.2, -0.15) is 4.98 Å². The highest BCUT2D eigenvalue weighted by Crippen LogP contribution is 2.30. The fraction of sp³-hybridized carbons (Fsp3) is 0.583. The van der Waals surface area contributed by atoms with E-state index in [1.54, 1.807) is 13.1 Å². The van der Waals surface area contributed by atoms with Crippen molar-refractivity contribution in [3.05, 3.63) is 16.1 Å². The number of ether oxygens (including phenoxy) is 1. The van der Waals surface area contributed by atoms with E-state index in [1.165, 1.54) is 0 Å². The van der Waals surface area contributed by atoms with Crippen LogP contribution >= 0.6 is 23.2 Å². The van der Waals surface area contributed by atoms with Gasteiger partial charge < -0.3 is 10.1 Å². The van der Waals surface area contributed by atoms with Crippen LogP contribution in [0.5, 0.6) is 5.88 Å². The Kier molecular flexibility index (Phi) is 5.86. The molecule has 1 rings (SSSR count). The van der Waals surface area contributed by atoms with Crippen LogP contribution < -0.4 is 10.1 Å². The molecule has 0 aliphatic rings. The van der Waals surface area contributed by atoms with E-state index in [2.05, 4.69) is 24.1 Å². The average molecular weight is 277 g/mol. The van der Waals surface area contributed by atoms with Crippen molar-refractivity contribution in [2.75, 3.05) is 19.0 Å². The molecule has 3 nitrogen and oxygen atoms in total. The number of nitrogens with one attached hydrogen (secondary N) is 1. The molecule has 0 aliphatic carbocycles. The van der Waals surface area contributed by atoms with Gasteiger partial charge in [0.25, 0.3) is 0 Å². The number of rotatable bonds is 6. The molecule has 1 N–H and O–H groups in total. The van der Waals surface area contributed by atoms with Crippen LogP contribution in [0.1, 0.15) is 26.7 Å². The van der Waals surface area contributed by atoms with Crippen molar-refractivity contribution in [1.29, 1.82) is 0 Å². The van der Waals surface area contributed by atoms with E-state index in [0.717, 1.165) is 12.8 Å². The van der Waals surface area contributed by atoms with E-state index >= 15 is 0 Å². The maximum absolute atomic E-state index is 6.02. The third kappa shape index (κ3) is 4.25. The first-order valence-electron chi connectivity index (χ1n) is 5.75. The average Bonchev–Trinajstić information content (AvgIpc) is 2.28. The van der Waals surface area contributed by atoms with Crippen molar-refractivity contribution in [3.8, 4) is 5.88 Å². The predicted molar refractivity (Wildman–Crippen MR) is 73.4 cm³/mol. The number of hydrogen-bond donors (Lipinski definition) is 1. The molecule has 0 aliphatic heterocycles. The molecule has 0 radical (unpaired) electrons. The molecular formula is C12H18Cl2N2O. The zero-order valence-corrected chi connectivity index (χ0v) is 11.9. The van der Waals surface area contributed by atoms with Crippen molar-refractivity contribution in [2.24, 2.45) is 5.92 Å². The molecule has 0 spiro atoms. The molecule has 17 heavy (non-hydrogen) atoms. The molecule has 0 saturated carbocycles. The van der Waals surface area contributed by atoms with Gasteiger partial charge in [0, 0.05) is 7.05 Å². The summed E-state index contributed by atoms with van der Waals surface area (Å²) in [4.78, 5) is 4.23. The Morgan fingerprint density at radius 2 is 2.12 bits per heavy atom. The normalized spacial score (nSPS) is 12.3. The van der Waals surface area contributed by atoms with Crippen LogP contribution in [0.25, 0.3) is 0 Å². The van der Waals surface area contributed by atoms with Crippen molar-refractivity contribution < 1.29 is 4.74 Å². The van der Waals surface area contributed by atoms with Crippen molar-refractivity contribution in [2.45, 2.75) is 26.7 Å². The Hall–Kier alpha value is -0.670. The Morgan fingerprint density at radius 3 is 2.71 bits per heavy atom. The van der Waals surface area contributed by atoms with Gasteiger partial charge >= 0.3 is 0 Å². The molecule has 1 aromatic rings. The topological polar surface area (TPSA) is 34.1 Å². The molecule has 0 saturated heterocycles. The summed E-state index contributed by atoms with van der Waals surface area (Å²) in [5.41, 5.74) is 0. The quantitative estimate of drug-likeness (QED) is 0.844. The first-order chi connectivity index (χ1) is 8.08. The van der Waals surface area contributed by atoms with Gasteiger partial charge in [-0.1, -0.05) is 43.5 Å². The predicted octanol–water partition coefficient (Wildman–Crippen LogP) is 4.25. The van der Waals surface area contributed by atoms with E-state index < -0.39 is 0 Å². The van der Waals surface area contributed by atoms with Crippen molar-refractivity contribution in [1.82, 2.24) is 4.98 Å². The zero-order valence-electron chi connectivity index (χ0n) is 10.4. The van der Waals surface area contributed by atoms with Crippen molar-refractivity contribution >= 4 is 29.0 Å². The van der Waals surface area contributed by atoms with Gasteiger partial charge in [-0.25, -0.2) is 0 Å². The molecule has 5 heteroatoms. The van der Waals surface area contributed by atoms with Gasteiger partial charge in [0.15, 0.2) is 0 Å². The Balaban J connectivity index is 2.70. The van der Waals surface area contributed by atoms with E-state index in [0.29, 0.717) is 34.3 Å². The fourth-order valence-corrected chi connectivity index (χ4v) is 2.03. The number of halogens is 2. The summed E-state index contributed by atoms with van der Waals surface area (Å²) in [6.45, 7) is 4.92. The summed E-state index contributed by atoms with van der Waals surface area (Å²) in [6, 6.07) is 1.64. The standard InChI is InChI=1S/C12H18Cl2N2O/c1-4-5-8(2)7-17-12-10(14)6-9(13)11(15-3)16-12/h6,8H,4-5,7H2,1-3H3,(H,15,16). The number of aromatic nitrogens is 1. The van der Waals surface area contributed by atoms with E-state index in [1.807, 2.05) is 0 Å². The van der Waals surface area contributed by atoms with Crippen LogP contribution in [0, 0.1) is 5.92 Å². The smallest absolute Gasteiger partial charge is 0.234 e. The van der Waals surface area contributed by atoms with Gasteiger partial charge in [-0.15, -0.1) is 0 Å². The fourth-order valence-electron chi connectivity index (χ4n) is 1.52. The second-order valence-electron chi connectivity index (χ2n) is 4.06. The van der Waals surface area contributed by atoms with Crippen LogP contribution in [-0.4, -0.2) is 18.6 Å². The summed E-state index contributed by atoms with van der Waals surface area (Å²) in [5.74, 6) is 1.50. The zero-order chi connectivity index (χ0) is 12.8. The van der Waals surface area contributed by atoms with Crippen LogP contribution in [-0.2, 0) is 0 Å². The van der Waals surface area contributed by atoms with Crippen LogP contribution in [0.3, 0.4) is 0 Å². The molecule has 96 valence electrons. The van der Waals surface area contributed by atoms with Gasteiger partial charge in [-0.3, -0.25) is 0 Å². The Morgan fingerprint density at radius 1 is 1.41 bits per heavy atom. The number of hydrogen-bond acceptors (Lipinski definition) is 3. The highest BCUT2D eigenvalue weighted by Gasteiger charge is 2.10. The summed E-state index contributed by atoms with van der Waals surface area (Å²) < 4.78 is 5.61. The first kappa shape index (κ1) is 14.4. The van der Waals surface area contributed by atoms with Gasteiger partial charge in [0.2, 0.25) is 5.88 Å². The number of pyridine rings is 1. The Labute approximate surface area is 112 Å². The molecule has 1 aromatic heterocycles. The third-order valence-electron chi connectivity index (χ3n) is 2.42. The largest absolute Gasteiger partial charge is 0.476 e. The van der Waals surface area contributed by atoms with Crippen LogP contribution in [0.4, 0.5) is 5.82 Å². The lowest BCUT2D eigenvalue weighted by Crippen LogP contribution is -2.10. The summed E-state index contributed by atoms with van der Waals surface area (Å²) in [5, 5.41) is 3.83. The first-order valence-corrected chi connectivity index (χ1v) is 6.50. The van der Waals surface area contributed by atoms with E-state index in [4.69, 9.17) is 27.9 Å². The van der Waals surface area contributed by atoms with Crippen LogP contribution in [0.15, 0.2) is 6.07 Å². The SMILES string of the molecule is CCCC(C)COc1nc(NC)c(Cl)cc1Cl. The molecule has 1 atom stereocenters. The molecule has 0 fully saturated rings. The lowest BCUT2D eigenvalue weighted by molar-refractivity contribution is 0.243. The molecule has 1 unspecified atom stereocenters. The summed E-state index contributed by atoms with van der Waals surface area (Å²) in [7, 11) is 1.76. The number of anilines is 1. The van der Waals surface area contributed by atoms with E-state index in [9.17, 15) is 0 Å². The monoisotopic (exact) mass is 276 g/mol. The third-order valence-corrected chi connectivity index (χ3v) is 2.98. The molecule has 1 heterocycles. The number of nitrogens with zero attached hydrogens (tertiary/aromatic N) is 1. The highest BCUT2D eigenvalue weighted by atomic mass is 35.5. The maximum atomic E-state index is 6.02. The summed E-state index contributed by atoms with van der Waals surface area (Å²) >= 11 is 12.0. The Bertz CT molecular complexity index is 372. The molecular weight excluding hydrogens is 259 g/mol. The highest BCUT2D eigenvalue weighted by molar-refractivity contribution is 6.36. The summed E-state index contributed by atoms with van der Waals surface area (Å²) in [6.07, 6.45) is 2.28. The second kappa shape index (κ2) is 6.92. The molecule has 0 aromatic carbocycles. The molecule has 0 bridgehead atoms. The molecule has 0 amide bonds. The van der Waals surface area contributed by atoms with Gasteiger partial charge in [0.1, 0.15) is 10.8 Å². The maximum Gasteiger partial charge on any atom is 0.234 e.